The summed E-state index contributed by atoms with van der Waals surface area (Å²) in [7, 11) is 0. The van der Waals surface area contributed by atoms with Gasteiger partial charge in [-0.1, -0.05) is 6.07 Å². The number of halogens is 3. The summed E-state index contributed by atoms with van der Waals surface area (Å²) < 4.78 is 26.0. The van der Waals surface area contributed by atoms with Crippen molar-refractivity contribution in [1.82, 2.24) is 4.98 Å². The molecule has 1 amide bonds. The molecular formula is C11H9ClF2N2OS. The monoisotopic (exact) mass is 290 g/mol. The zero-order chi connectivity index (χ0) is 12.4. The first-order valence-electron chi connectivity index (χ1n) is 4.74. The summed E-state index contributed by atoms with van der Waals surface area (Å²) in [5.74, 6) is -1.86. The molecular weight excluding hydrogens is 282 g/mol. The Morgan fingerprint density at radius 1 is 1.39 bits per heavy atom. The lowest BCUT2D eigenvalue weighted by molar-refractivity contribution is 0.0996. The molecule has 3 nitrogen and oxygen atoms in total. The molecule has 1 aromatic carbocycles. The van der Waals surface area contributed by atoms with E-state index in [1.54, 1.807) is 0 Å². The van der Waals surface area contributed by atoms with Gasteiger partial charge in [0.15, 0.2) is 0 Å². The maximum absolute atomic E-state index is 13.3. The molecule has 0 unspecified atom stereocenters. The molecule has 1 aromatic heterocycles. The molecule has 0 aliphatic heterocycles. The lowest BCUT2D eigenvalue weighted by Crippen LogP contribution is -2.11. The Morgan fingerprint density at radius 2 is 2.11 bits per heavy atom. The van der Waals surface area contributed by atoms with Gasteiger partial charge in [-0.3, -0.25) is 4.79 Å². The lowest BCUT2D eigenvalue weighted by Gasteiger charge is -2.00. The average Bonchev–Trinajstić information content (AvgIpc) is 2.71. The number of nitrogens with zero attached hydrogens (tertiary/aromatic N) is 1. The van der Waals surface area contributed by atoms with E-state index in [4.69, 9.17) is 5.73 Å². The predicted octanol–water partition coefficient (Wildman–Crippen LogP) is 2.53. The summed E-state index contributed by atoms with van der Waals surface area (Å²) in [5.41, 5.74) is 5.54. The van der Waals surface area contributed by atoms with Gasteiger partial charge in [0.1, 0.15) is 17.3 Å². The minimum Gasteiger partial charge on any atom is -0.364 e. The Balaban J connectivity index is 0.00000162. The van der Waals surface area contributed by atoms with Crippen LogP contribution in [0, 0.1) is 11.6 Å². The molecule has 0 aliphatic rings. The van der Waals surface area contributed by atoms with Gasteiger partial charge in [-0.25, -0.2) is 13.8 Å². The van der Waals surface area contributed by atoms with Gasteiger partial charge >= 0.3 is 0 Å². The third-order valence-electron chi connectivity index (χ3n) is 2.16. The summed E-state index contributed by atoms with van der Waals surface area (Å²) >= 11 is 1.21. The molecule has 96 valence electrons. The van der Waals surface area contributed by atoms with Gasteiger partial charge in [0.2, 0.25) is 0 Å². The SMILES string of the molecule is Cl.NC(=O)c1csc(Cc2ccc(F)cc2F)n1. The molecule has 0 saturated heterocycles. The fraction of sp³-hybridized carbons (Fsp3) is 0.0909. The van der Waals surface area contributed by atoms with E-state index in [-0.39, 0.29) is 24.5 Å². The zero-order valence-electron chi connectivity index (χ0n) is 9.02. The third-order valence-corrected chi connectivity index (χ3v) is 3.01. The standard InChI is InChI=1S/C11H8F2N2OS.ClH/c12-7-2-1-6(8(13)4-7)3-10-15-9(5-17-10)11(14)16;/h1-2,4-5H,3H2,(H2,14,16);1H. The van der Waals surface area contributed by atoms with E-state index in [0.29, 0.717) is 10.6 Å². The smallest absolute Gasteiger partial charge is 0.268 e. The van der Waals surface area contributed by atoms with Crippen molar-refractivity contribution in [2.45, 2.75) is 6.42 Å². The van der Waals surface area contributed by atoms with Gasteiger partial charge < -0.3 is 5.73 Å². The number of nitrogens with two attached hydrogens (primary N) is 1. The predicted molar refractivity (Wildman–Crippen MR) is 67.0 cm³/mol. The molecule has 0 radical (unpaired) electrons. The van der Waals surface area contributed by atoms with Crippen LogP contribution in [0.25, 0.3) is 0 Å². The van der Waals surface area contributed by atoms with Crippen molar-refractivity contribution < 1.29 is 13.6 Å². The first-order valence-corrected chi connectivity index (χ1v) is 5.62. The fourth-order valence-corrected chi connectivity index (χ4v) is 2.14. The van der Waals surface area contributed by atoms with E-state index < -0.39 is 17.5 Å². The lowest BCUT2D eigenvalue weighted by atomic mass is 10.1. The Morgan fingerprint density at radius 3 is 2.67 bits per heavy atom. The number of benzene rings is 1. The van der Waals surface area contributed by atoms with E-state index in [0.717, 1.165) is 6.07 Å². The molecule has 0 saturated carbocycles. The topological polar surface area (TPSA) is 56.0 Å². The van der Waals surface area contributed by atoms with Crippen molar-refractivity contribution in [1.29, 1.82) is 0 Å². The van der Waals surface area contributed by atoms with Crippen molar-refractivity contribution >= 4 is 29.7 Å². The second-order valence-electron chi connectivity index (χ2n) is 3.40. The quantitative estimate of drug-likeness (QED) is 0.944. The third kappa shape index (κ3) is 3.24. The van der Waals surface area contributed by atoms with E-state index >= 15 is 0 Å². The first-order chi connectivity index (χ1) is 8.06. The molecule has 2 N–H and O–H groups in total. The number of amides is 1. The van der Waals surface area contributed by atoms with Crippen LogP contribution in [0.4, 0.5) is 8.78 Å². The number of thiazole rings is 1. The average molecular weight is 291 g/mol. The number of hydrogen-bond acceptors (Lipinski definition) is 3. The normalized spacial score (nSPS) is 9.89. The summed E-state index contributed by atoms with van der Waals surface area (Å²) in [4.78, 5) is 14.8. The molecule has 2 aromatic rings. The molecule has 2 rings (SSSR count). The fourth-order valence-electron chi connectivity index (χ4n) is 1.33. The highest BCUT2D eigenvalue weighted by Crippen LogP contribution is 2.17. The van der Waals surface area contributed by atoms with Crippen molar-refractivity contribution in [2.75, 3.05) is 0 Å². The molecule has 0 aliphatic carbocycles. The minimum absolute atomic E-state index is 0. The van der Waals surface area contributed by atoms with Crippen LogP contribution in [0.2, 0.25) is 0 Å². The van der Waals surface area contributed by atoms with E-state index in [2.05, 4.69) is 4.98 Å². The minimum atomic E-state index is -0.624. The van der Waals surface area contributed by atoms with Crippen LogP contribution >= 0.6 is 23.7 Å². The van der Waals surface area contributed by atoms with Crippen LogP contribution in [0.3, 0.4) is 0 Å². The zero-order valence-corrected chi connectivity index (χ0v) is 10.7. The maximum Gasteiger partial charge on any atom is 0.268 e. The summed E-state index contributed by atoms with van der Waals surface area (Å²) in [5, 5.41) is 2.07. The highest BCUT2D eigenvalue weighted by atomic mass is 35.5. The number of rotatable bonds is 3. The molecule has 7 heteroatoms. The Hall–Kier alpha value is -1.53. The van der Waals surface area contributed by atoms with Gasteiger partial charge in [0.25, 0.3) is 5.91 Å². The summed E-state index contributed by atoms with van der Waals surface area (Å²) in [6.07, 6.45) is 0.212. The van der Waals surface area contributed by atoms with Crippen LogP contribution in [0.1, 0.15) is 21.1 Å². The van der Waals surface area contributed by atoms with E-state index in [9.17, 15) is 13.6 Å². The summed E-state index contributed by atoms with van der Waals surface area (Å²) in [6.45, 7) is 0. The summed E-state index contributed by atoms with van der Waals surface area (Å²) in [6, 6.07) is 3.36. The number of primary amides is 1. The highest BCUT2D eigenvalue weighted by molar-refractivity contribution is 7.09. The first kappa shape index (κ1) is 14.5. The molecule has 0 spiro atoms. The molecule has 0 bridgehead atoms. The van der Waals surface area contributed by atoms with Gasteiger partial charge in [-0.2, -0.15) is 0 Å². The van der Waals surface area contributed by atoms with Gasteiger partial charge in [0.05, 0.1) is 5.01 Å². The van der Waals surface area contributed by atoms with Crippen LogP contribution in [-0.4, -0.2) is 10.9 Å². The maximum atomic E-state index is 13.3. The second kappa shape index (κ2) is 5.88. The van der Waals surface area contributed by atoms with Gasteiger partial charge in [-0.15, -0.1) is 23.7 Å². The van der Waals surface area contributed by atoms with Crippen molar-refractivity contribution in [2.24, 2.45) is 5.73 Å². The Kier molecular flexibility index (Phi) is 4.75. The Bertz CT molecular complexity index is 574. The molecule has 1 heterocycles. The van der Waals surface area contributed by atoms with Crippen molar-refractivity contribution in [3.05, 3.63) is 51.5 Å². The van der Waals surface area contributed by atoms with Crippen molar-refractivity contribution in [3.63, 3.8) is 0 Å². The van der Waals surface area contributed by atoms with Crippen LogP contribution in [-0.2, 0) is 6.42 Å². The highest BCUT2D eigenvalue weighted by Gasteiger charge is 2.10. The molecule has 0 atom stereocenters. The van der Waals surface area contributed by atoms with E-state index in [1.807, 2.05) is 0 Å². The largest absolute Gasteiger partial charge is 0.364 e. The van der Waals surface area contributed by atoms with Gasteiger partial charge in [-0.05, 0) is 11.6 Å². The second-order valence-corrected chi connectivity index (χ2v) is 4.35. The van der Waals surface area contributed by atoms with E-state index in [1.165, 1.54) is 28.8 Å². The number of carbonyl (C=O) groups is 1. The number of aromatic nitrogens is 1. The van der Waals surface area contributed by atoms with Crippen LogP contribution in [0.5, 0.6) is 0 Å². The molecule has 18 heavy (non-hydrogen) atoms. The number of carbonyl (C=O) groups excluding carboxylic acids is 1. The number of hydrogen-bond donors (Lipinski definition) is 1. The Labute approximate surface area is 112 Å². The van der Waals surface area contributed by atoms with Gasteiger partial charge in [0, 0.05) is 17.9 Å². The van der Waals surface area contributed by atoms with Crippen LogP contribution < -0.4 is 5.73 Å². The molecule has 0 fully saturated rings. The van der Waals surface area contributed by atoms with Crippen LogP contribution in [0.15, 0.2) is 23.6 Å². The van der Waals surface area contributed by atoms with Crippen molar-refractivity contribution in [3.8, 4) is 0 Å².